The van der Waals surface area contributed by atoms with Gasteiger partial charge in [-0.15, -0.1) is 0 Å². The van der Waals surface area contributed by atoms with Crippen LogP contribution in [-0.2, 0) is 14.4 Å². The average molecular weight is 622 g/mol. The summed E-state index contributed by atoms with van der Waals surface area (Å²) < 4.78 is 17.3. The smallest absolute Gasteiger partial charge is 0.335 e. The summed E-state index contributed by atoms with van der Waals surface area (Å²) in [5.74, 6) is -0.829. The highest BCUT2D eigenvalue weighted by Gasteiger charge is 2.37. The van der Waals surface area contributed by atoms with Gasteiger partial charge in [0.1, 0.15) is 11.3 Å². The zero-order valence-electron chi connectivity index (χ0n) is 22.7. The number of anilines is 2. The SMILES string of the molecule is CCOc1ccc(N2C(=O)NC(=O)/C(=C\c3cc(Br)c(OCC(=O)Nc4cccc(C)c4)c(OCC)c3)C2=O)cc1. The van der Waals surface area contributed by atoms with Gasteiger partial charge in [-0.05, 0) is 102 Å². The van der Waals surface area contributed by atoms with Crippen molar-refractivity contribution < 1.29 is 33.4 Å². The van der Waals surface area contributed by atoms with E-state index in [2.05, 4.69) is 26.6 Å². The maximum Gasteiger partial charge on any atom is 0.335 e. The van der Waals surface area contributed by atoms with Gasteiger partial charge in [-0.1, -0.05) is 12.1 Å². The molecule has 1 heterocycles. The molecule has 11 heteroatoms. The van der Waals surface area contributed by atoms with Crippen LogP contribution in [0.2, 0.25) is 0 Å². The summed E-state index contributed by atoms with van der Waals surface area (Å²) in [7, 11) is 0. The first-order valence-corrected chi connectivity index (χ1v) is 13.6. The van der Waals surface area contributed by atoms with E-state index in [1.165, 1.54) is 6.08 Å². The minimum absolute atomic E-state index is 0.251. The number of amides is 5. The van der Waals surface area contributed by atoms with Crippen molar-refractivity contribution in [2.24, 2.45) is 0 Å². The summed E-state index contributed by atoms with van der Waals surface area (Å²) in [6, 6.07) is 16.1. The second-order valence-corrected chi connectivity index (χ2v) is 9.71. The Morgan fingerprint density at radius 3 is 2.39 bits per heavy atom. The maximum atomic E-state index is 13.3. The Labute approximate surface area is 245 Å². The monoisotopic (exact) mass is 621 g/mol. The Kier molecular flexibility index (Phi) is 9.41. The number of hydrogen-bond acceptors (Lipinski definition) is 7. The predicted octanol–water partition coefficient (Wildman–Crippen LogP) is 5.24. The molecule has 1 saturated heterocycles. The lowest BCUT2D eigenvalue weighted by atomic mass is 10.1. The number of nitrogens with zero attached hydrogens (tertiary/aromatic N) is 1. The van der Waals surface area contributed by atoms with Crippen LogP contribution < -0.4 is 29.7 Å². The van der Waals surface area contributed by atoms with Gasteiger partial charge in [0.2, 0.25) is 0 Å². The molecule has 4 rings (SSSR count). The third kappa shape index (κ3) is 7.12. The van der Waals surface area contributed by atoms with Crippen LogP contribution in [0, 0.1) is 6.92 Å². The van der Waals surface area contributed by atoms with Gasteiger partial charge >= 0.3 is 6.03 Å². The molecule has 3 aromatic carbocycles. The van der Waals surface area contributed by atoms with Gasteiger partial charge < -0.3 is 19.5 Å². The van der Waals surface area contributed by atoms with E-state index in [0.717, 1.165) is 10.5 Å². The van der Waals surface area contributed by atoms with Crippen molar-refractivity contribution >= 4 is 57.1 Å². The zero-order valence-corrected chi connectivity index (χ0v) is 24.2. The summed E-state index contributed by atoms with van der Waals surface area (Å²) in [5, 5.41) is 4.98. The van der Waals surface area contributed by atoms with Gasteiger partial charge in [0, 0.05) is 5.69 Å². The van der Waals surface area contributed by atoms with E-state index in [-0.39, 0.29) is 36.1 Å². The number of imide groups is 2. The molecule has 1 aliphatic rings. The predicted molar refractivity (Wildman–Crippen MR) is 157 cm³/mol. The lowest BCUT2D eigenvalue weighted by molar-refractivity contribution is -0.122. The molecule has 212 valence electrons. The number of carbonyl (C=O) groups is 4. The molecule has 41 heavy (non-hydrogen) atoms. The number of halogens is 1. The van der Waals surface area contributed by atoms with Crippen molar-refractivity contribution in [1.29, 1.82) is 0 Å². The Balaban J connectivity index is 1.56. The fourth-order valence-corrected chi connectivity index (χ4v) is 4.62. The number of urea groups is 1. The van der Waals surface area contributed by atoms with E-state index < -0.39 is 17.8 Å². The van der Waals surface area contributed by atoms with E-state index in [1.54, 1.807) is 49.4 Å². The van der Waals surface area contributed by atoms with Crippen LogP contribution in [-0.4, -0.2) is 43.6 Å². The fourth-order valence-electron chi connectivity index (χ4n) is 4.05. The first-order chi connectivity index (χ1) is 19.7. The average Bonchev–Trinajstić information content (AvgIpc) is 2.92. The van der Waals surface area contributed by atoms with Crippen LogP contribution in [0.1, 0.15) is 25.0 Å². The number of carbonyl (C=O) groups excluding carboxylic acids is 4. The number of aryl methyl sites for hydroxylation is 1. The molecule has 0 aromatic heterocycles. The van der Waals surface area contributed by atoms with E-state index in [4.69, 9.17) is 14.2 Å². The summed E-state index contributed by atoms with van der Waals surface area (Å²) in [6.07, 6.45) is 1.35. The van der Waals surface area contributed by atoms with E-state index >= 15 is 0 Å². The Morgan fingerprint density at radius 1 is 0.976 bits per heavy atom. The highest BCUT2D eigenvalue weighted by molar-refractivity contribution is 9.10. The number of benzene rings is 3. The van der Waals surface area contributed by atoms with Crippen LogP contribution in [0.15, 0.2) is 70.7 Å². The molecular weight excluding hydrogens is 594 g/mol. The summed E-state index contributed by atoms with van der Waals surface area (Å²) >= 11 is 3.44. The molecule has 10 nitrogen and oxygen atoms in total. The van der Waals surface area contributed by atoms with Crippen molar-refractivity contribution in [3.8, 4) is 17.2 Å². The third-order valence-electron chi connectivity index (χ3n) is 5.80. The largest absolute Gasteiger partial charge is 0.494 e. The van der Waals surface area contributed by atoms with E-state index in [0.29, 0.717) is 33.8 Å². The van der Waals surface area contributed by atoms with Gasteiger partial charge in [0.25, 0.3) is 17.7 Å². The second kappa shape index (κ2) is 13.1. The molecule has 0 atom stereocenters. The number of rotatable bonds is 10. The molecule has 1 aliphatic heterocycles. The van der Waals surface area contributed by atoms with Crippen molar-refractivity contribution in [2.75, 3.05) is 30.0 Å². The van der Waals surface area contributed by atoms with Crippen molar-refractivity contribution in [3.63, 3.8) is 0 Å². The van der Waals surface area contributed by atoms with E-state index in [9.17, 15) is 19.2 Å². The van der Waals surface area contributed by atoms with Gasteiger partial charge in [-0.25, -0.2) is 9.69 Å². The first-order valence-electron chi connectivity index (χ1n) is 12.8. The lowest BCUT2D eigenvalue weighted by Crippen LogP contribution is -2.54. The zero-order chi connectivity index (χ0) is 29.5. The topological polar surface area (TPSA) is 123 Å². The number of barbiturate groups is 1. The Hall–Kier alpha value is -4.64. The van der Waals surface area contributed by atoms with Crippen molar-refractivity contribution in [3.05, 3.63) is 81.8 Å². The van der Waals surface area contributed by atoms with Gasteiger partial charge in [-0.3, -0.25) is 19.7 Å². The molecule has 3 aromatic rings. The minimum Gasteiger partial charge on any atom is -0.494 e. The van der Waals surface area contributed by atoms with Crippen molar-refractivity contribution in [2.45, 2.75) is 20.8 Å². The molecule has 0 unspecified atom stereocenters. The standard InChI is InChI=1S/C30H28BrN3O7/c1-4-39-22-11-9-21(10-12-22)34-29(37)23(28(36)33-30(34)38)14-19-15-24(31)27(25(16-19)40-5-2)41-17-26(35)32-20-8-6-7-18(3)13-20/h6-16H,4-5,17H2,1-3H3,(H,32,35)(H,33,36,38)/b23-14+. The summed E-state index contributed by atoms with van der Waals surface area (Å²) in [5.41, 5.74) is 2.11. The molecular formula is C30H28BrN3O7. The van der Waals surface area contributed by atoms with Gasteiger partial charge in [0.05, 0.1) is 23.4 Å². The molecule has 0 spiro atoms. The minimum atomic E-state index is -0.856. The third-order valence-corrected chi connectivity index (χ3v) is 6.39. The van der Waals surface area contributed by atoms with Crippen LogP contribution in [0.3, 0.4) is 0 Å². The quantitative estimate of drug-likeness (QED) is 0.234. The molecule has 2 N–H and O–H groups in total. The Morgan fingerprint density at radius 2 is 1.71 bits per heavy atom. The molecule has 0 aliphatic carbocycles. The second-order valence-electron chi connectivity index (χ2n) is 8.85. The highest BCUT2D eigenvalue weighted by Crippen LogP contribution is 2.38. The molecule has 0 bridgehead atoms. The van der Waals surface area contributed by atoms with Crippen LogP contribution >= 0.6 is 15.9 Å². The van der Waals surface area contributed by atoms with E-state index in [1.807, 2.05) is 32.0 Å². The number of hydrogen-bond donors (Lipinski definition) is 2. The molecule has 0 radical (unpaired) electrons. The number of nitrogens with one attached hydrogen (secondary N) is 2. The van der Waals surface area contributed by atoms with Crippen LogP contribution in [0.25, 0.3) is 6.08 Å². The Bertz CT molecular complexity index is 1520. The number of ether oxygens (including phenoxy) is 3. The van der Waals surface area contributed by atoms with Gasteiger partial charge in [-0.2, -0.15) is 0 Å². The maximum absolute atomic E-state index is 13.3. The normalized spacial score (nSPS) is 14.1. The fraction of sp³-hybridized carbons (Fsp3) is 0.200. The summed E-state index contributed by atoms with van der Waals surface area (Å²) in [6.45, 7) is 6.02. The lowest BCUT2D eigenvalue weighted by Gasteiger charge is -2.26. The van der Waals surface area contributed by atoms with Crippen LogP contribution in [0.5, 0.6) is 17.2 Å². The first kappa shape index (κ1) is 29.3. The molecule has 5 amide bonds. The summed E-state index contributed by atoms with van der Waals surface area (Å²) in [4.78, 5) is 51.9. The highest BCUT2D eigenvalue weighted by atomic mass is 79.9. The van der Waals surface area contributed by atoms with Crippen molar-refractivity contribution in [1.82, 2.24) is 5.32 Å². The van der Waals surface area contributed by atoms with Crippen LogP contribution in [0.4, 0.5) is 16.2 Å². The van der Waals surface area contributed by atoms with Gasteiger partial charge in [0.15, 0.2) is 18.1 Å². The molecule has 1 fully saturated rings. The molecule has 0 saturated carbocycles.